The molecule has 0 N–H and O–H groups in total. The quantitative estimate of drug-likeness (QED) is 0.744. The average Bonchev–Trinajstić information content (AvgIpc) is 2.03. The summed E-state index contributed by atoms with van der Waals surface area (Å²) in [5, 5.41) is 0. The van der Waals surface area contributed by atoms with Gasteiger partial charge in [0.2, 0.25) is 0 Å². The highest BCUT2D eigenvalue weighted by molar-refractivity contribution is 9.10. The van der Waals surface area contributed by atoms with E-state index in [-0.39, 0.29) is 0 Å². The van der Waals surface area contributed by atoms with Crippen LogP contribution in [0.2, 0.25) is 0 Å². The molecule has 1 aromatic heterocycles. The number of rotatable bonds is 0. The highest BCUT2D eigenvalue weighted by Crippen LogP contribution is 2.17. The van der Waals surface area contributed by atoms with E-state index in [1.807, 2.05) is 18.2 Å². The fourth-order valence-corrected chi connectivity index (χ4v) is 1.60. The maximum absolute atomic E-state index is 4.26. The average molecular weight is 288 g/mol. The molecule has 0 aliphatic rings. The minimum Gasteiger partial charge on any atom is -0.252 e. The van der Waals surface area contributed by atoms with Crippen LogP contribution in [-0.4, -0.2) is 9.97 Å². The van der Waals surface area contributed by atoms with Gasteiger partial charge in [-0.2, -0.15) is 0 Å². The van der Waals surface area contributed by atoms with Gasteiger partial charge in [-0.15, -0.1) is 0 Å². The molecule has 1 heterocycles. The summed E-state index contributed by atoms with van der Waals surface area (Å²) in [7, 11) is 0. The third kappa shape index (κ3) is 1.49. The second-order valence-corrected chi connectivity index (χ2v) is 4.05. The molecule has 0 radical (unpaired) electrons. The third-order valence-electron chi connectivity index (χ3n) is 1.47. The van der Waals surface area contributed by atoms with E-state index in [1.165, 1.54) is 0 Å². The first-order valence-electron chi connectivity index (χ1n) is 3.33. The van der Waals surface area contributed by atoms with Gasteiger partial charge in [0.05, 0.1) is 17.2 Å². The first kappa shape index (κ1) is 8.13. The molecule has 0 aliphatic heterocycles. The van der Waals surface area contributed by atoms with Crippen molar-refractivity contribution in [1.29, 1.82) is 0 Å². The molecule has 0 aliphatic carbocycles. The van der Waals surface area contributed by atoms with Crippen molar-refractivity contribution in [2.45, 2.75) is 0 Å². The van der Waals surface area contributed by atoms with Crippen LogP contribution in [0.3, 0.4) is 0 Å². The lowest BCUT2D eigenvalue weighted by Gasteiger charge is -1.96. The largest absolute Gasteiger partial charge is 0.252 e. The zero-order chi connectivity index (χ0) is 8.55. The van der Waals surface area contributed by atoms with Gasteiger partial charge in [0.1, 0.15) is 4.60 Å². The Morgan fingerprint density at radius 1 is 1.08 bits per heavy atom. The molecule has 0 saturated carbocycles. The Kier molecular flexibility index (Phi) is 2.11. The Hall–Kier alpha value is -0.480. The normalized spacial score (nSPS) is 10.5. The minimum absolute atomic E-state index is 0.758. The molecule has 0 spiro atoms. The van der Waals surface area contributed by atoms with E-state index in [0.29, 0.717) is 0 Å². The molecule has 0 atom stereocenters. The second-order valence-electron chi connectivity index (χ2n) is 2.33. The summed E-state index contributed by atoms with van der Waals surface area (Å²) in [6.45, 7) is 0. The molecule has 2 rings (SSSR count). The SMILES string of the molecule is Brc1ccc2ncc(Br)nc2c1. The first-order chi connectivity index (χ1) is 5.75. The number of hydrogen-bond donors (Lipinski definition) is 0. The van der Waals surface area contributed by atoms with E-state index in [2.05, 4.69) is 41.8 Å². The van der Waals surface area contributed by atoms with Crippen molar-refractivity contribution in [1.82, 2.24) is 9.97 Å². The maximum atomic E-state index is 4.26. The molecule has 0 saturated heterocycles. The van der Waals surface area contributed by atoms with E-state index in [1.54, 1.807) is 6.20 Å². The van der Waals surface area contributed by atoms with Gasteiger partial charge in [-0.1, -0.05) is 15.9 Å². The summed E-state index contributed by atoms with van der Waals surface area (Å²) >= 11 is 6.64. The van der Waals surface area contributed by atoms with Crippen LogP contribution in [0.4, 0.5) is 0 Å². The number of fused-ring (bicyclic) bond motifs is 1. The third-order valence-corrected chi connectivity index (χ3v) is 2.35. The lowest BCUT2D eigenvalue weighted by atomic mass is 10.3. The van der Waals surface area contributed by atoms with E-state index < -0.39 is 0 Å². The molecule has 0 unspecified atom stereocenters. The fraction of sp³-hybridized carbons (Fsp3) is 0. The van der Waals surface area contributed by atoms with Gasteiger partial charge in [-0.05, 0) is 34.1 Å². The van der Waals surface area contributed by atoms with Crippen LogP contribution in [0.15, 0.2) is 33.5 Å². The Balaban J connectivity index is 2.80. The number of aromatic nitrogens is 2. The van der Waals surface area contributed by atoms with Gasteiger partial charge < -0.3 is 0 Å². The van der Waals surface area contributed by atoms with Crippen LogP contribution in [0.1, 0.15) is 0 Å². The zero-order valence-electron chi connectivity index (χ0n) is 5.96. The molecule has 0 amide bonds. The predicted octanol–water partition coefficient (Wildman–Crippen LogP) is 3.15. The van der Waals surface area contributed by atoms with Crippen molar-refractivity contribution in [2.24, 2.45) is 0 Å². The zero-order valence-corrected chi connectivity index (χ0v) is 9.13. The predicted molar refractivity (Wildman–Crippen MR) is 54.9 cm³/mol. The Bertz CT molecular complexity index is 392. The fourth-order valence-electron chi connectivity index (χ4n) is 0.962. The van der Waals surface area contributed by atoms with Crippen molar-refractivity contribution in [3.05, 3.63) is 33.5 Å². The van der Waals surface area contributed by atoms with Gasteiger partial charge in [0.15, 0.2) is 0 Å². The Morgan fingerprint density at radius 3 is 2.75 bits per heavy atom. The van der Waals surface area contributed by atoms with Gasteiger partial charge in [-0.25, -0.2) is 4.98 Å². The van der Waals surface area contributed by atoms with Crippen LogP contribution in [0, 0.1) is 0 Å². The van der Waals surface area contributed by atoms with Gasteiger partial charge in [0.25, 0.3) is 0 Å². The molecule has 2 nitrogen and oxygen atoms in total. The van der Waals surface area contributed by atoms with Crippen molar-refractivity contribution < 1.29 is 0 Å². The standard InChI is InChI=1S/C8H4Br2N2/c9-5-1-2-6-7(3-5)12-8(10)4-11-6/h1-4H. The summed E-state index contributed by atoms with van der Waals surface area (Å²) in [6.07, 6.45) is 1.69. The molecule has 12 heavy (non-hydrogen) atoms. The van der Waals surface area contributed by atoms with Gasteiger partial charge in [0, 0.05) is 4.47 Å². The van der Waals surface area contributed by atoms with Crippen molar-refractivity contribution in [3.63, 3.8) is 0 Å². The van der Waals surface area contributed by atoms with Gasteiger partial charge in [-0.3, -0.25) is 4.98 Å². The van der Waals surface area contributed by atoms with Crippen molar-refractivity contribution in [3.8, 4) is 0 Å². The van der Waals surface area contributed by atoms with E-state index in [9.17, 15) is 0 Å². The van der Waals surface area contributed by atoms with Crippen LogP contribution < -0.4 is 0 Å². The number of halogens is 2. The van der Waals surface area contributed by atoms with Crippen molar-refractivity contribution in [2.75, 3.05) is 0 Å². The molecular formula is C8H4Br2N2. The lowest BCUT2D eigenvalue weighted by molar-refractivity contribution is 1.25. The summed E-state index contributed by atoms with van der Waals surface area (Å²) in [4.78, 5) is 8.45. The topological polar surface area (TPSA) is 25.8 Å². The van der Waals surface area contributed by atoms with E-state index in [0.717, 1.165) is 20.1 Å². The molecule has 0 bridgehead atoms. The molecule has 60 valence electrons. The highest BCUT2D eigenvalue weighted by Gasteiger charge is 1.97. The summed E-state index contributed by atoms with van der Waals surface area (Å²) in [5.74, 6) is 0. The van der Waals surface area contributed by atoms with Crippen LogP contribution in [0.5, 0.6) is 0 Å². The highest BCUT2D eigenvalue weighted by atomic mass is 79.9. The first-order valence-corrected chi connectivity index (χ1v) is 4.92. The second kappa shape index (κ2) is 3.11. The van der Waals surface area contributed by atoms with Crippen LogP contribution >= 0.6 is 31.9 Å². The smallest absolute Gasteiger partial charge is 0.125 e. The van der Waals surface area contributed by atoms with Gasteiger partial charge >= 0.3 is 0 Å². The maximum Gasteiger partial charge on any atom is 0.125 e. The molecule has 1 aromatic carbocycles. The van der Waals surface area contributed by atoms with Crippen molar-refractivity contribution >= 4 is 42.9 Å². The Morgan fingerprint density at radius 2 is 1.92 bits per heavy atom. The molecule has 2 aromatic rings. The number of hydrogen-bond acceptors (Lipinski definition) is 2. The monoisotopic (exact) mass is 286 g/mol. The number of nitrogens with zero attached hydrogens (tertiary/aromatic N) is 2. The summed E-state index contributed by atoms with van der Waals surface area (Å²) in [6, 6.07) is 5.82. The van der Waals surface area contributed by atoms with E-state index >= 15 is 0 Å². The van der Waals surface area contributed by atoms with E-state index in [4.69, 9.17) is 0 Å². The summed E-state index contributed by atoms with van der Waals surface area (Å²) in [5.41, 5.74) is 1.79. The lowest BCUT2D eigenvalue weighted by Crippen LogP contribution is -1.83. The molecular weight excluding hydrogens is 284 g/mol. The Labute approximate surface area is 86.3 Å². The van der Waals surface area contributed by atoms with Crippen LogP contribution in [0.25, 0.3) is 11.0 Å². The number of benzene rings is 1. The summed E-state index contributed by atoms with van der Waals surface area (Å²) < 4.78 is 1.77. The minimum atomic E-state index is 0.758. The van der Waals surface area contributed by atoms with Crippen LogP contribution in [-0.2, 0) is 0 Å². The molecule has 4 heteroatoms. The molecule has 0 fully saturated rings.